The minimum absolute atomic E-state index is 0.398. The van der Waals surface area contributed by atoms with Gasteiger partial charge in [0.25, 0.3) is 0 Å². The van der Waals surface area contributed by atoms with Crippen molar-refractivity contribution in [2.24, 2.45) is 0 Å². The third kappa shape index (κ3) is 1.00. The molecule has 0 saturated carbocycles. The lowest BCUT2D eigenvalue weighted by Crippen LogP contribution is -2.10. The van der Waals surface area contributed by atoms with Crippen LogP contribution in [0.2, 0.25) is 5.15 Å². The van der Waals surface area contributed by atoms with E-state index >= 15 is 0 Å². The van der Waals surface area contributed by atoms with Gasteiger partial charge in [0.2, 0.25) is 10.8 Å². The van der Waals surface area contributed by atoms with E-state index in [0.29, 0.717) is 11.2 Å². The van der Waals surface area contributed by atoms with Gasteiger partial charge in [-0.3, -0.25) is 4.98 Å². The summed E-state index contributed by atoms with van der Waals surface area (Å²) in [6, 6.07) is 2.25. The SMILES string of the molecule is COc1nc(Cl)c2cc[nH]c2[nH+]1. The lowest BCUT2D eigenvalue weighted by atomic mass is 10.4. The monoisotopic (exact) mass is 184 g/mol. The maximum absolute atomic E-state index is 5.85. The number of H-pyrrole nitrogens is 2. The summed E-state index contributed by atoms with van der Waals surface area (Å²) in [5, 5.41) is 1.29. The van der Waals surface area contributed by atoms with E-state index < -0.39 is 0 Å². The van der Waals surface area contributed by atoms with Crippen molar-refractivity contribution in [3.8, 4) is 6.01 Å². The van der Waals surface area contributed by atoms with E-state index in [-0.39, 0.29) is 0 Å². The molecule has 0 unspecified atom stereocenters. The Balaban J connectivity index is 2.75. The summed E-state index contributed by atoms with van der Waals surface area (Å²) in [5.41, 5.74) is 0.812. The molecule has 0 amide bonds. The topological polar surface area (TPSA) is 52.0 Å². The summed E-state index contributed by atoms with van der Waals surface area (Å²) in [6.07, 6.45) is 1.79. The van der Waals surface area contributed by atoms with Crippen LogP contribution in [-0.4, -0.2) is 17.1 Å². The molecule has 2 rings (SSSR count). The smallest absolute Gasteiger partial charge is 0.432 e. The van der Waals surface area contributed by atoms with Crippen molar-refractivity contribution in [2.45, 2.75) is 0 Å². The number of nitrogens with one attached hydrogen (secondary N) is 2. The Morgan fingerprint density at radius 2 is 2.50 bits per heavy atom. The number of methoxy groups -OCH3 is 1. The number of rotatable bonds is 1. The maximum Gasteiger partial charge on any atom is 0.432 e. The molecule has 0 atom stereocenters. The van der Waals surface area contributed by atoms with Gasteiger partial charge in [0.15, 0.2) is 0 Å². The fourth-order valence-electron chi connectivity index (χ4n) is 1.03. The van der Waals surface area contributed by atoms with E-state index in [4.69, 9.17) is 16.3 Å². The molecule has 0 aliphatic rings. The highest BCUT2D eigenvalue weighted by Crippen LogP contribution is 2.18. The summed E-state index contributed by atoms with van der Waals surface area (Å²) in [7, 11) is 1.53. The molecule has 0 aromatic carbocycles. The fourth-order valence-corrected chi connectivity index (χ4v) is 1.26. The third-order valence-corrected chi connectivity index (χ3v) is 1.88. The minimum atomic E-state index is 0.398. The molecule has 2 heterocycles. The standard InChI is InChI=1S/C7H6ClN3O/c1-12-7-10-5(8)4-2-3-9-6(4)11-7/h2-3H,1H3,(H,9,10,11)/p+1. The molecule has 2 aromatic heterocycles. The van der Waals surface area contributed by atoms with Gasteiger partial charge in [-0.05, 0) is 17.7 Å². The fraction of sp³-hybridized carbons (Fsp3) is 0.143. The third-order valence-electron chi connectivity index (χ3n) is 1.59. The Morgan fingerprint density at radius 1 is 1.67 bits per heavy atom. The molecule has 0 radical (unpaired) electrons. The quantitative estimate of drug-likeness (QED) is 0.674. The van der Waals surface area contributed by atoms with Crippen molar-refractivity contribution in [1.29, 1.82) is 0 Å². The van der Waals surface area contributed by atoms with Gasteiger partial charge in [-0.25, -0.2) is 4.98 Å². The largest absolute Gasteiger partial charge is 0.444 e. The first kappa shape index (κ1) is 7.36. The minimum Gasteiger partial charge on any atom is -0.444 e. The second-order valence-electron chi connectivity index (χ2n) is 2.30. The van der Waals surface area contributed by atoms with E-state index in [1.807, 2.05) is 6.07 Å². The van der Waals surface area contributed by atoms with Crippen LogP contribution in [0.15, 0.2) is 12.3 Å². The Labute approximate surface area is 73.5 Å². The number of hydrogen-bond donors (Lipinski definition) is 1. The van der Waals surface area contributed by atoms with Crippen LogP contribution in [0.1, 0.15) is 0 Å². The molecular weight excluding hydrogens is 178 g/mol. The molecular formula is C7H7ClN3O+. The molecule has 0 aliphatic heterocycles. The Morgan fingerprint density at radius 3 is 3.25 bits per heavy atom. The van der Waals surface area contributed by atoms with Gasteiger partial charge in [-0.1, -0.05) is 4.98 Å². The van der Waals surface area contributed by atoms with Crippen LogP contribution in [0.3, 0.4) is 0 Å². The van der Waals surface area contributed by atoms with Gasteiger partial charge in [-0.2, -0.15) is 0 Å². The van der Waals surface area contributed by atoms with E-state index in [9.17, 15) is 0 Å². The second-order valence-corrected chi connectivity index (χ2v) is 2.66. The molecule has 62 valence electrons. The zero-order valence-electron chi connectivity index (χ0n) is 6.39. The highest BCUT2D eigenvalue weighted by Gasteiger charge is 2.12. The number of aromatic nitrogens is 3. The summed E-state index contributed by atoms with van der Waals surface area (Å²) in [5.74, 6) is 0. The van der Waals surface area contributed by atoms with Gasteiger partial charge in [0.1, 0.15) is 5.39 Å². The zero-order chi connectivity index (χ0) is 8.55. The predicted octanol–water partition coefficient (Wildman–Crippen LogP) is 1.04. The number of aromatic amines is 2. The van der Waals surface area contributed by atoms with Crippen molar-refractivity contribution >= 4 is 22.6 Å². The molecule has 4 nitrogen and oxygen atoms in total. The van der Waals surface area contributed by atoms with Gasteiger partial charge >= 0.3 is 6.01 Å². The highest BCUT2D eigenvalue weighted by atomic mass is 35.5. The molecule has 0 saturated heterocycles. The molecule has 0 fully saturated rings. The molecule has 2 N–H and O–H groups in total. The first-order valence-electron chi connectivity index (χ1n) is 3.41. The van der Waals surface area contributed by atoms with Crippen molar-refractivity contribution < 1.29 is 9.72 Å². The van der Waals surface area contributed by atoms with E-state index in [1.54, 1.807) is 6.20 Å². The molecule has 12 heavy (non-hydrogen) atoms. The van der Waals surface area contributed by atoms with Gasteiger partial charge in [0.05, 0.1) is 13.3 Å². The lowest BCUT2D eigenvalue weighted by Gasteiger charge is -1.91. The van der Waals surface area contributed by atoms with Crippen LogP contribution in [-0.2, 0) is 0 Å². The second kappa shape index (κ2) is 2.64. The van der Waals surface area contributed by atoms with Crippen molar-refractivity contribution in [3.63, 3.8) is 0 Å². The average Bonchev–Trinajstić information content (AvgIpc) is 2.52. The number of ether oxygens (including phenoxy) is 1. The Kier molecular flexibility index (Phi) is 1.62. The van der Waals surface area contributed by atoms with Crippen LogP contribution in [0.4, 0.5) is 0 Å². The summed E-state index contributed by atoms with van der Waals surface area (Å²) in [4.78, 5) is 9.86. The first-order chi connectivity index (χ1) is 5.81. The zero-order valence-corrected chi connectivity index (χ0v) is 7.14. The molecule has 0 aliphatic carbocycles. The summed E-state index contributed by atoms with van der Waals surface area (Å²) >= 11 is 5.85. The number of nitrogens with zero attached hydrogens (tertiary/aromatic N) is 1. The van der Waals surface area contributed by atoms with Gasteiger partial charge < -0.3 is 4.74 Å². The number of hydrogen-bond acceptors (Lipinski definition) is 2. The Hall–Kier alpha value is -1.29. The number of fused-ring (bicyclic) bond motifs is 1. The van der Waals surface area contributed by atoms with E-state index in [1.165, 1.54) is 7.11 Å². The predicted molar refractivity (Wildman–Crippen MR) is 44.2 cm³/mol. The number of halogens is 1. The van der Waals surface area contributed by atoms with Crippen LogP contribution in [0.5, 0.6) is 6.01 Å². The van der Waals surface area contributed by atoms with Gasteiger partial charge in [0, 0.05) is 0 Å². The first-order valence-corrected chi connectivity index (χ1v) is 3.79. The van der Waals surface area contributed by atoms with Crippen LogP contribution in [0.25, 0.3) is 11.0 Å². The highest BCUT2D eigenvalue weighted by molar-refractivity contribution is 6.33. The summed E-state index contributed by atoms with van der Waals surface area (Å²) < 4.78 is 4.90. The van der Waals surface area contributed by atoms with Crippen LogP contribution in [0, 0.1) is 0 Å². The Bertz CT molecular complexity index is 412. The van der Waals surface area contributed by atoms with Crippen LogP contribution >= 0.6 is 11.6 Å². The van der Waals surface area contributed by atoms with E-state index in [2.05, 4.69) is 15.0 Å². The van der Waals surface area contributed by atoms with Crippen molar-refractivity contribution in [3.05, 3.63) is 17.4 Å². The van der Waals surface area contributed by atoms with Crippen LogP contribution < -0.4 is 9.72 Å². The summed E-state index contributed by atoms with van der Waals surface area (Å²) in [6.45, 7) is 0. The lowest BCUT2D eigenvalue weighted by molar-refractivity contribution is -0.369. The average molecular weight is 185 g/mol. The molecule has 0 spiro atoms. The van der Waals surface area contributed by atoms with Crippen molar-refractivity contribution in [2.75, 3.05) is 7.11 Å². The van der Waals surface area contributed by atoms with E-state index in [0.717, 1.165) is 11.0 Å². The molecule has 0 bridgehead atoms. The molecule has 5 heteroatoms. The normalized spacial score (nSPS) is 10.5. The molecule has 2 aromatic rings. The maximum atomic E-state index is 5.85. The van der Waals surface area contributed by atoms with Crippen molar-refractivity contribution in [1.82, 2.24) is 9.97 Å². The van der Waals surface area contributed by atoms with Gasteiger partial charge in [-0.15, -0.1) is 0 Å².